The van der Waals surface area contributed by atoms with E-state index in [1.807, 2.05) is 102 Å². The first-order chi connectivity index (χ1) is 20.2. The second-order valence-electron chi connectivity index (χ2n) is 9.55. The number of rotatable bonds is 4. The maximum absolute atomic E-state index is 9.85. The van der Waals surface area contributed by atoms with Crippen molar-refractivity contribution in [1.29, 1.82) is 10.5 Å². The van der Waals surface area contributed by atoms with Gasteiger partial charge >= 0.3 is 0 Å². The van der Waals surface area contributed by atoms with E-state index >= 15 is 0 Å². The third-order valence-electron chi connectivity index (χ3n) is 7.16. The number of aromatic nitrogens is 4. The fourth-order valence-electron chi connectivity index (χ4n) is 5.29. The van der Waals surface area contributed by atoms with E-state index in [0.29, 0.717) is 34.3 Å². The van der Waals surface area contributed by atoms with Crippen molar-refractivity contribution in [2.45, 2.75) is 0 Å². The van der Waals surface area contributed by atoms with E-state index in [1.165, 1.54) is 0 Å². The molecule has 0 amide bonds. The van der Waals surface area contributed by atoms with Gasteiger partial charge in [0.25, 0.3) is 0 Å². The Morgan fingerprint density at radius 3 is 1.66 bits per heavy atom. The second kappa shape index (κ2) is 9.89. The summed E-state index contributed by atoms with van der Waals surface area (Å²) in [6.07, 6.45) is 0. The highest BCUT2D eigenvalue weighted by Crippen LogP contribution is 2.36. The molecule has 0 radical (unpaired) electrons. The summed E-state index contributed by atoms with van der Waals surface area (Å²) in [6.45, 7) is 0. The topological polar surface area (TPSA) is 91.2 Å². The van der Waals surface area contributed by atoms with Crippen molar-refractivity contribution in [3.05, 3.63) is 132 Å². The predicted molar refractivity (Wildman–Crippen MR) is 160 cm³/mol. The van der Waals surface area contributed by atoms with Crippen LogP contribution in [0.5, 0.6) is 0 Å². The van der Waals surface area contributed by atoms with Crippen LogP contribution in [0.25, 0.3) is 61.7 Å². The summed E-state index contributed by atoms with van der Waals surface area (Å²) in [6, 6.07) is 43.6. The molecule has 41 heavy (non-hydrogen) atoms. The van der Waals surface area contributed by atoms with Crippen LogP contribution >= 0.6 is 0 Å². The van der Waals surface area contributed by atoms with Crippen molar-refractivity contribution >= 4 is 21.8 Å². The van der Waals surface area contributed by atoms with E-state index in [1.54, 1.807) is 18.2 Å². The van der Waals surface area contributed by atoms with Gasteiger partial charge < -0.3 is 0 Å². The molecule has 0 bridgehead atoms. The Bertz CT molecular complexity index is 2080. The summed E-state index contributed by atoms with van der Waals surface area (Å²) in [5, 5.41) is 21.8. The molecule has 0 saturated heterocycles. The number of hydrogen-bond acceptors (Lipinski definition) is 5. The lowest BCUT2D eigenvalue weighted by atomic mass is 9.94. The number of nitriles is 2. The molecule has 0 aliphatic rings. The number of benzene rings is 5. The third-order valence-corrected chi connectivity index (χ3v) is 7.16. The summed E-state index contributed by atoms with van der Waals surface area (Å²) in [7, 11) is 0. The minimum atomic E-state index is 0.448. The van der Waals surface area contributed by atoms with Crippen molar-refractivity contribution in [2.24, 2.45) is 0 Å². The fourth-order valence-corrected chi connectivity index (χ4v) is 5.29. The first-order valence-electron chi connectivity index (χ1n) is 13.1. The Morgan fingerprint density at radius 1 is 0.488 bits per heavy atom. The van der Waals surface area contributed by atoms with Gasteiger partial charge in [0.2, 0.25) is 5.95 Å². The molecule has 6 heteroatoms. The molecular formula is C35H20N6. The molecule has 190 valence electrons. The van der Waals surface area contributed by atoms with Crippen LogP contribution in [0.15, 0.2) is 121 Å². The van der Waals surface area contributed by atoms with Crippen molar-refractivity contribution in [3.63, 3.8) is 0 Å². The average molecular weight is 525 g/mol. The summed E-state index contributed by atoms with van der Waals surface area (Å²) in [5.74, 6) is 1.62. The number of nitrogens with zero attached hydrogens (tertiary/aromatic N) is 6. The number of hydrogen-bond donors (Lipinski definition) is 0. The van der Waals surface area contributed by atoms with E-state index in [9.17, 15) is 10.5 Å². The first kappa shape index (κ1) is 24.0. The van der Waals surface area contributed by atoms with Crippen molar-refractivity contribution < 1.29 is 0 Å². The highest BCUT2D eigenvalue weighted by atomic mass is 15.2. The summed E-state index contributed by atoms with van der Waals surface area (Å²) in [4.78, 5) is 14.8. The maximum Gasteiger partial charge on any atom is 0.238 e. The highest BCUT2D eigenvalue weighted by Gasteiger charge is 2.19. The van der Waals surface area contributed by atoms with Crippen molar-refractivity contribution in [2.75, 3.05) is 0 Å². The zero-order valence-electron chi connectivity index (χ0n) is 21.7. The van der Waals surface area contributed by atoms with Gasteiger partial charge in [0, 0.05) is 27.5 Å². The molecule has 0 fully saturated rings. The molecule has 0 unspecified atom stereocenters. The van der Waals surface area contributed by atoms with Gasteiger partial charge in [-0.3, -0.25) is 4.57 Å². The molecule has 0 atom stereocenters. The van der Waals surface area contributed by atoms with E-state index in [0.717, 1.165) is 38.5 Å². The Labute approximate surface area is 236 Å². The molecule has 5 aromatic carbocycles. The van der Waals surface area contributed by atoms with E-state index < -0.39 is 0 Å². The summed E-state index contributed by atoms with van der Waals surface area (Å²) in [5.41, 5.74) is 5.86. The molecule has 0 aliphatic carbocycles. The maximum atomic E-state index is 9.85. The Morgan fingerprint density at radius 2 is 1.05 bits per heavy atom. The molecule has 0 N–H and O–H groups in total. The van der Waals surface area contributed by atoms with Gasteiger partial charge in [0.05, 0.1) is 34.3 Å². The zero-order chi connectivity index (χ0) is 27.8. The van der Waals surface area contributed by atoms with Gasteiger partial charge in [-0.25, -0.2) is 4.98 Å². The van der Waals surface area contributed by atoms with E-state index in [4.69, 9.17) is 15.0 Å². The summed E-state index contributed by atoms with van der Waals surface area (Å²) < 4.78 is 2.04. The minimum Gasteiger partial charge on any atom is -0.278 e. The van der Waals surface area contributed by atoms with Gasteiger partial charge in [-0.15, -0.1) is 0 Å². The fraction of sp³-hybridized carbons (Fsp3) is 0. The van der Waals surface area contributed by atoms with Crippen LogP contribution in [-0.2, 0) is 0 Å². The van der Waals surface area contributed by atoms with Crippen LogP contribution in [0.2, 0.25) is 0 Å². The standard InChI is InChI=1S/C35H20N6/c36-21-26-14-9-15-27(22-37)32(26)25-18-19-29-28-16-7-8-17-30(28)41(31(29)20-25)35-39-33(23-10-3-1-4-11-23)38-34(40-35)24-12-5-2-6-13-24/h1-20H. The first-order valence-corrected chi connectivity index (χ1v) is 13.1. The van der Waals surface area contributed by atoms with Crippen LogP contribution in [0.4, 0.5) is 0 Å². The van der Waals surface area contributed by atoms with Crippen LogP contribution in [0, 0.1) is 22.7 Å². The van der Waals surface area contributed by atoms with E-state index in [2.05, 4.69) is 18.2 Å². The van der Waals surface area contributed by atoms with Gasteiger partial charge in [-0.2, -0.15) is 20.5 Å². The molecular weight excluding hydrogens is 504 g/mol. The normalized spacial score (nSPS) is 10.9. The molecule has 7 rings (SSSR count). The lowest BCUT2D eigenvalue weighted by molar-refractivity contribution is 0.953. The number of fused-ring (bicyclic) bond motifs is 3. The van der Waals surface area contributed by atoms with Crippen LogP contribution < -0.4 is 0 Å². The molecule has 2 heterocycles. The van der Waals surface area contributed by atoms with Crippen LogP contribution in [0.1, 0.15) is 11.1 Å². The highest BCUT2D eigenvalue weighted by molar-refractivity contribution is 6.10. The summed E-state index contributed by atoms with van der Waals surface area (Å²) >= 11 is 0. The smallest absolute Gasteiger partial charge is 0.238 e. The number of para-hydroxylation sites is 1. The Hall–Kier alpha value is -6.11. The van der Waals surface area contributed by atoms with Gasteiger partial charge in [-0.05, 0) is 29.8 Å². The molecule has 0 aliphatic heterocycles. The quantitative estimate of drug-likeness (QED) is 0.235. The monoisotopic (exact) mass is 524 g/mol. The molecule has 0 spiro atoms. The largest absolute Gasteiger partial charge is 0.278 e. The Balaban J connectivity index is 1.56. The van der Waals surface area contributed by atoms with Gasteiger partial charge in [-0.1, -0.05) is 97.1 Å². The lowest BCUT2D eigenvalue weighted by Crippen LogP contribution is -2.06. The zero-order valence-corrected chi connectivity index (χ0v) is 21.7. The predicted octanol–water partition coefficient (Wildman–Crippen LogP) is 7.71. The Kier molecular flexibility index (Phi) is 5.78. The molecule has 2 aromatic heterocycles. The second-order valence-corrected chi connectivity index (χ2v) is 9.55. The average Bonchev–Trinajstić information content (AvgIpc) is 3.38. The van der Waals surface area contributed by atoms with Crippen LogP contribution in [0.3, 0.4) is 0 Å². The van der Waals surface area contributed by atoms with Gasteiger partial charge in [0.15, 0.2) is 11.6 Å². The molecule has 7 aromatic rings. The lowest BCUT2D eigenvalue weighted by Gasteiger charge is -2.12. The molecule has 0 saturated carbocycles. The minimum absolute atomic E-state index is 0.448. The van der Waals surface area contributed by atoms with E-state index in [-0.39, 0.29) is 0 Å². The van der Waals surface area contributed by atoms with Crippen LogP contribution in [-0.4, -0.2) is 19.5 Å². The molecule has 6 nitrogen and oxygen atoms in total. The third kappa shape index (κ3) is 4.08. The van der Waals surface area contributed by atoms with Gasteiger partial charge in [0.1, 0.15) is 0 Å². The van der Waals surface area contributed by atoms with Crippen molar-refractivity contribution in [1.82, 2.24) is 19.5 Å². The van der Waals surface area contributed by atoms with Crippen molar-refractivity contribution in [3.8, 4) is 52.0 Å². The SMILES string of the molecule is N#Cc1cccc(C#N)c1-c1ccc2c3ccccc3n(-c3nc(-c4ccccc4)nc(-c4ccccc4)n3)c2c1.